The van der Waals surface area contributed by atoms with Crippen LogP contribution in [0.15, 0.2) is 30.3 Å². The van der Waals surface area contributed by atoms with Gasteiger partial charge in [-0.1, -0.05) is 38.5 Å². The highest BCUT2D eigenvalue weighted by molar-refractivity contribution is 5.92. The second-order valence-corrected chi connectivity index (χ2v) is 4.17. The van der Waals surface area contributed by atoms with E-state index in [0.717, 1.165) is 0 Å². The van der Waals surface area contributed by atoms with Crippen molar-refractivity contribution in [2.24, 2.45) is 5.92 Å². The van der Waals surface area contributed by atoms with Crippen LogP contribution in [0.3, 0.4) is 0 Å². The number of carboxylic acid groups (broad SMARTS) is 1. The average molecular weight is 250 g/mol. The first kappa shape index (κ1) is 14.0. The van der Waals surface area contributed by atoms with Gasteiger partial charge in [0.15, 0.2) is 0 Å². The molecule has 0 aromatic heterocycles. The predicted octanol–water partition coefficient (Wildman–Crippen LogP) is 2.31. The van der Waals surface area contributed by atoms with E-state index < -0.39 is 18.0 Å². The molecule has 5 nitrogen and oxygen atoms in total. The maximum atomic E-state index is 11.7. The first-order chi connectivity index (χ1) is 8.54. The van der Waals surface area contributed by atoms with Gasteiger partial charge < -0.3 is 15.7 Å². The van der Waals surface area contributed by atoms with Crippen LogP contribution >= 0.6 is 0 Å². The number of carbonyl (C=O) groups excluding carboxylic acids is 1. The highest BCUT2D eigenvalue weighted by Gasteiger charge is 2.25. The molecule has 0 bridgehead atoms. The second-order valence-electron chi connectivity index (χ2n) is 4.17. The van der Waals surface area contributed by atoms with Crippen LogP contribution < -0.4 is 10.6 Å². The van der Waals surface area contributed by atoms with Crippen molar-refractivity contribution >= 4 is 17.7 Å². The van der Waals surface area contributed by atoms with Crippen molar-refractivity contribution in [2.45, 2.75) is 26.3 Å². The maximum absolute atomic E-state index is 11.7. The third-order valence-corrected chi connectivity index (χ3v) is 2.80. The van der Waals surface area contributed by atoms with Crippen LogP contribution in [0, 0.1) is 5.92 Å². The number of carboxylic acids is 1. The quantitative estimate of drug-likeness (QED) is 0.750. The fourth-order valence-electron chi connectivity index (χ4n) is 1.51. The Balaban J connectivity index is 2.60. The fraction of sp³-hybridized carbons (Fsp3) is 0.385. The second kappa shape index (κ2) is 6.64. The molecule has 1 rings (SSSR count). The third-order valence-electron chi connectivity index (χ3n) is 2.80. The Morgan fingerprint density at radius 1 is 1.28 bits per heavy atom. The van der Waals surface area contributed by atoms with E-state index in [1.54, 1.807) is 31.2 Å². The van der Waals surface area contributed by atoms with Crippen LogP contribution in [0.2, 0.25) is 0 Å². The molecule has 98 valence electrons. The summed E-state index contributed by atoms with van der Waals surface area (Å²) < 4.78 is 0. The Bertz CT molecular complexity index is 406. The third kappa shape index (κ3) is 4.08. The summed E-state index contributed by atoms with van der Waals surface area (Å²) >= 11 is 0. The minimum Gasteiger partial charge on any atom is -0.480 e. The van der Waals surface area contributed by atoms with E-state index in [1.165, 1.54) is 0 Å². The van der Waals surface area contributed by atoms with Gasteiger partial charge in [0.25, 0.3) is 0 Å². The number of nitrogens with one attached hydrogen (secondary N) is 2. The zero-order valence-electron chi connectivity index (χ0n) is 10.5. The van der Waals surface area contributed by atoms with Crippen molar-refractivity contribution in [2.75, 3.05) is 5.32 Å². The van der Waals surface area contributed by atoms with E-state index in [-0.39, 0.29) is 5.92 Å². The number of hydrogen-bond donors (Lipinski definition) is 3. The molecule has 0 aliphatic carbocycles. The number of anilines is 1. The van der Waals surface area contributed by atoms with E-state index >= 15 is 0 Å². The summed E-state index contributed by atoms with van der Waals surface area (Å²) in [4.78, 5) is 22.7. The monoisotopic (exact) mass is 250 g/mol. The minimum absolute atomic E-state index is 0.121. The molecule has 0 heterocycles. The Hall–Kier alpha value is -2.04. The number of rotatable bonds is 5. The number of hydrogen-bond acceptors (Lipinski definition) is 2. The molecule has 0 saturated heterocycles. The highest BCUT2D eigenvalue weighted by Crippen LogP contribution is 2.09. The lowest BCUT2D eigenvalue weighted by Crippen LogP contribution is -2.46. The van der Waals surface area contributed by atoms with Crippen LogP contribution in [-0.2, 0) is 4.79 Å². The lowest BCUT2D eigenvalue weighted by molar-refractivity contribution is -0.140. The smallest absolute Gasteiger partial charge is 0.326 e. The van der Waals surface area contributed by atoms with Gasteiger partial charge in [0.2, 0.25) is 0 Å². The number of benzene rings is 1. The van der Waals surface area contributed by atoms with E-state index in [9.17, 15) is 9.59 Å². The predicted molar refractivity (Wildman–Crippen MR) is 69.5 cm³/mol. The van der Waals surface area contributed by atoms with Gasteiger partial charge in [-0.05, 0) is 18.1 Å². The molecule has 0 aliphatic heterocycles. The summed E-state index contributed by atoms with van der Waals surface area (Å²) in [5, 5.41) is 14.1. The van der Waals surface area contributed by atoms with E-state index in [0.29, 0.717) is 12.1 Å². The van der Waals surface area contributed by atoms with Crippen molar-refractivity contribution in [1.29, 1.82) is 0 Å². The summed E-state index contributed by atoms with van der Waals surface area (Å²) in [5.41, 5.74) is 0.628. The van der Waals surface area contributed by atoms with Crippen LogP contribution in [0.1, 0.15) is 20.3 Å². The molecule has 0 saturated carbocycles. The largest absolute Gasteiger partial charge is 0.480 e. The number of aliphatic carboxylic acids is 1. The van der Waals surface area contributed by atoms with Gasteiger partial charge in [0.05, 0.1) is 0 Å². The molecule has 0 aliphatic rings. The Morgan fingerprint density at radius 2 is 1.89 bits per heavy atom. The van der Waals surface area contributed by atoms with Gasteiger partial charge in [-0.15, -0.1) is 0 Å². The van der Waals surface area contributed by atoms with Gasteiger partial charge in [0, 0.05) is 5.69 Å². The van der Waals surface area contributed by atoms with Gasteiger partial charge >= 0.3 is 12.0 Å². The molecule has 3 N–H and O–H groups in total. The number of carbonyl (C=O) groups is 2. The first-order valence-electron chi connectivity index (χ1n) is 5.90. The molecule has 2 atom stereocenters. The van der Waals surface area contributed by atoms with Crippen LogP contribution in [0.5, 0.6) is 0 Å². The molecule has 0 spiro atoms. The van der Waals surface area contributed by atoms with Gasteiger partial charge in [-0.25, -0.2) is 9.59 Å². The minimum atomic E-state index is -1.02. The van der Waals surface area contributed by atoms with Crippen molar-refractivity contribution in [3.63, 3.8) is 0 Å². The van der Waals surface area contributed by atoms with Crippen LogP contribution in [0.4, 0.5) is 10.5 Å². The summed E-state index contributed by atoms with van der Waals surface area (Å²) in [6.07, 6.45) is 0.683. The summed E-state index contributed by atoms with van der Waals surface area (Å²) in [7, 11) is 0. The topological polar surface area (TPSA) is 78.4 Å². The van der Waals surface area contributed by atoms with E-state index in [4.69, 9.17) is 5.11 Å². The van der Waals surface area contributed by atoms with Gasteiger partial charge in [0.1, 0.15) is 6.04 Å². The molecular weight excluding hydrogens is 232 g/mol. The van der Waals surface area contributed by atoms with E-state index in [2.05, 4.69) is 10.6 Å². The van der Waals surface area contributed by atoms with Crippen molar-refractivity contribution < 1.29 is 14.7 Å². The Morgan fingerprint density at radius 3 is 2.39 bits per heavy atom. The SMILES string of the molecule is CCC(C)[C@@H](NC(=O)Nc1ccccc1)C(=O)O. The molecule has 1 aromatic rings. The van der Waals surface area contributed by atoms with Crippen molar-refractivity contribution in [3.05, 3.63) is 30.3 Å². The molecule has 2 amide bonds. The standard InChI is InChI=1S/C13H18N2O3/c1-3-9(2)11(12(16)17)15-13(18)14-10-7-5-4-6-8-10/h4-9,11H,3H2,1-2H3,(H,16,17)(H2,14,15,18)/t9?,11-/m1/s1. The van der Waals surface area contributed by atoms with Gasteiger partial charge in [-0.2, -0.15) is 0 Å². The molecule has 0 radical (unpaired) electrons. The summed E-state index contributed by atoms with van der Waals surface area (Å²) in [5.74, 6) is -1.14. The molecule has 1 unspecified atom stereocenters. The Kier molecular flexibility index (Phi) is 5.17. The van der Waals surface area contributed by atoms with Gasteiger partial charge in [-0.3, -0.25) is 0 Å². The maximum Gasteiger partial charge on any atom is 0.326 e. The molecule has 18 heavy (non-hydrogen) atoms. The first-order valence-corrected chi connectivity index (χ1v) is 5.90. The molecule has 1 aromatic carbocycles. The zero-order valence-corrected chi connectivity index (χ0v) is 10.5. The fourth-order valence-corrected chi connectivity index (χ4v) is 1.51. The van der Waals surface area contributed by atoms with Crippen molar-refractivity contribution in [1.82, 2.24) is 5.32 Å². The van der Waals surface area contributed by atoms with Crippen molar-refractivity contribution in [3.8, 4) is 0 Å². The lowest BCUT2D eigenvalue weighted by Gasteiger charge is -2.20. The number of para-hydroxylation sites is 1. The van der Waals surface area contributed by atoms with Crippen LogP contribution in [-0.4, -0.2) is 23.1 Å². The summed E-state index contributed by atoms with van der Waals surface area (Å²) in [6.45, 7) is 3.68. The normalized spacial score (nSPS) is 13.4. The average Bonchev–Trinajstić information content (AvgIpc) is 2.36. The molecule has 5 heteroatoms. The van der Waals surface area contributed by atoms with E-state index in [1.807, 2.05) is 13.0 Å². The number of amides is 2. The number of urea groups is 1. The molecule has 0 fully saturated rings. The molecular formula is C13H18N2O3. The summed E-state index contributed by atoms with van der Waals surface area (Å²) in [6, 6.07) is 7.50. The zero-order chi connectivity index (χ0) is 13.5. The lowest BCUT2D eigenvalue weighted by atomic mass is 9.99. The van der Waals surface area contributed by atoms with Crippen LogP contribution in [0.25, 0.3) is 0 Å². The Labute approximate surface area is 106 Å². The highest BCUT2D eigenvalue weighted by atomic mass is 16.4.